The number of alkyl halides is 1. The summed E-state index contributed by atoms with van der Waals surface area (Å²) in [5, 5.41) is 4.17. The van der Waals surface area contributed by atoms with E-state index in [4.69, 9.17) is 4.74 Å². The van der Waals surface area contributed by atoms with Crippen molar-refractivity contribution in [3.05, 3.63) is 18.0 Å². The maximum absolute atomic E-state index is 14.0. The van der Waals surface area contributed by atoms with Crippen LogP contribution >= 0.6 is 0 Å². The second kappa shape index (κ2) is 7.61. The zero-order chi connectivity index (χ0) is 17.1. The Labute approximate surface area is 142 Å². The minimum atomic E-state index is -0.829. The van der Waals surface area contributed by atoms with Crippen LogP contribution in [0.3, 0.4) is 0 Å². The van der Waals surface area contributed by atoms with Crippen LogP contribution in [-0.4, -0.2) is 71.1 Å². The third-order valence-corrected chi connectivity index (χ3v) is 5.13. The lowest BCUT2D eigenvalue weighted by Gasteiger charge is -2.31. The van der Waals surface area contributed by atoms with Crippen LogP contribution in [0, 0.1) is 5.92 Å². The molecule has 2 saturated heterocycles. The minimum Gasteiger partial charge on any atom is -0.381 e. The number of likely N-dealkylation sites (tertiary alicyclic amines) is 1. The number of aromatic nitrogens is 2. The van der Waals surface area contributed by atoms with E-state index in [1.54, 1.807) is 11.1 Å². The molecule has 0 aliphatic carbocycles. The third-order valence-electron chi connectivity index (χ3n) is 5.13. The average Bonchev–Trinajstić information content (AvgIpc) is 3.13. The summed E-state index contributed by atoms with van der Waals surface area (Å²) in [5.74, 6) is 0.0781. The molecule has 2 aliphatic rings. The third kappa shape index (κ3) is 3.95. The van der Waals surface area contributed by atoms with Gasteiger partial charge >= 0.3 is 0 Å². The molecule has 0 spiro atoms. The second-order valence-corrected chi connectivity index (χ2v) is 7.00. The van der Waals surface area contributed by atoms with Gasteiger partial charge in [-0.05, 0) is 25.3 Å². The Kier molecular flexibility index (Phi) is 5.50. The van der Waals surface area contributed by atoms with Crippen LogP contribution in [0.4, 0.5) is 4.39 Å². The largest absolute Gasteiger partial charge is 0.381 e. The van der Waals surface area contributed by atoms with E-state index in [-0.39, 0.29) is 17.9 Å². The van der Waals surface area contributed by atoms with Crippen LogP contribution in [-0.2, 0) is 23.1 Å². The molecule has 6 nitrogen and oxygen atoms in total. The van der Waals surface area contributed by atoms with Gasteiger partial charge in [0.2, 0.25) is 5.91 Å². The summed E-state index contributed by atoms with van der Waals surface area (Å²) in [5.41, 5.74) is 1.06. The van der Waals surface area contributed by atoms with Gasteiger partial charge in [-0.3, -0.25) is 14.4 Å². The predicted molar refractivity (Wildman–Crippen MR) is 88.1 cm³/mol. The van der Waals surface area contributed by atoms with Gasteiger partial charge in [0, 0.05) is 52.6 Å². The van der Waals surface area contributed by atoms with Crippen LogP contribution in [0.25, 0.3) is 0 Å². The van der Waals surface area contributed by atoms with Crippen molar-refractivity contribution in [1.82, 2.24) is 19.6 Å². The van der Waals surface area contributed by atoms with Gasteiger partial charge in [0.05, 0.1) is 18.2 Å². The van der Waals surface area contributed by atoms with E-state index in [0.29, 0.717) is 32.7 Å². The Morgan fingerprint density at radius 3 is 3.04 bits per heavy atom. The number of halogens is 1. The van der Waals surface area contributed by atoms with Crippen molar-refractivity contribution in [3.8, 4) is 0 Å². The van der Waals surface area contributed by atoms with Crippen LogP contribution < -0.4 is 0 Å². The standard InChI is InChI=1S/C17H27FN4O2/c1-20(17(23)13-4-3-7-24-12-13)10-16-8-14(18)9-22(16)11-15-5-6-19-21(15)2/h5-6,13-14,16H,3-4,7-12H2,1-2H3/t13?,14-,16-/m0/s1. The molecule has 0 bridgehead atoms. The van der Waals surface area contributed by atoms with Gasteiger partial charge in [-0.1, -0.05) is 0 Å². The van der Waals surface area contributed by atoms with E-state index >= 15 is 0 Å². The topological polar surface area (TPSA) is 50.6 Å². The highest BCUT2D eigenvalue weighted by molar-refractivity contribution is 5.78. The fourth-order valence-electron chi connectivity index (χ4n) is 3.72. The monoisotopic (exact) mass is 338 g/mol. The van der Waals surface area contributed by atoms with Crippen molar-refractivity contribution in [2.24, 2.45) is 13.0 Å². The van der Waals surface area contributed by atoms with E-state index in [1.165, 1.54) is 0 Å². The number of likely N-dealkylation sites (N-methyl/N-ethyl adjacent to an activating group) is 1. The Balaban J connectivity index is 1.59. The van der Waals surface area contributed by atoms with Gasteiger partial charge in [0.1, 0.15) is 6.17 Å². The predicted octanol–water partition coefficient (Wildman–Crippen LogP) is 1.22. The van der Waals surface area contributed by atoms with Crippen molar-refractivity contribution in [1.29, 1.82) is 0 Å². The Hall–Kier alpha value is -1.47. The molecule has 2 fully saturated rings. The molecule has 24 heavy (non-hydrogen) atoms. The van der Waals surface area contributed by atoms with Gasteiger partial charge in [0.25, 0.3) is 0 Å². The molecule has 1 aromatic rings. The number of nitrogens with zero attached hydrogens (tertiary/aromatic N) is 4. The summed E-state index contributed by atoms with van der Waals surface area (Å²) >= 11 is 0. The molecule has 0 aromatic carbocycles. The van der Waals surface area contributed by atoms with Crippen molar-refractivity contribution < 1.29 is 13.9 Å². The molecular weight excluding hydrogens is 311 g/mol. The summed E-state index contributed by atoms with van der Waals surface area (Å²) in [4.78, 5) is 16.5. The van der Waals surface area contributed by atoms with Gasteiger partial charge in [-0.15, -0.1) is 0 Å². The molecule has 1 unspecified atom stereocenters. The zero-order valence-electron chi connectivity index (χ0n) is 14.5. The lowest BCUT2D eigenvalue weighted by molar-refractivity contribution is -0.139. The van der Waals surface area contributed by atoms with Crippen molar-refractivity contribution in [2.45, 2.75) is 38.0 Å². The Bertz CT molecular complexity index is 559. The molecule has 0 saturated carbocycles. The maximum atomic E-state index is 14.0. The highest BCUT2D eigenvalue weighted by atomic mass is 19.1. The van der Waals surface area contributed by atoms with Crippen molar-refractivity contribution in [3.63, 3.8) is 0 Å². The SMILES string of the molecule is CN(C[C@@H]1C[C@H](F)CN1Cc1ccnn1C)C(=O)C1CCCOC1. The first-order valence-corrected chi connectivity index (χ1v) is 8.72. The van der Waals surface area contributed by atoms with Gasteiger partial charge < -0.3 is 9.64 Å². The second-order valence-electron chi connectivity index (χ2n) is 7.00. The molecule has 3 rings (SSSR count). The smallest absolute Gasteiger partial charge is 0.227 e. The van der Waals surface area contributed by atoms with E-state index in [0.717, 1.165) is 25.1 Å². The summed E-state index contributed by atoms with van der Waals surface area (Å²) in [7, 11) is 3.72. The van der Waals surface area contributed by atoms with Crippen LogP contribution in [0.2, 0.25) is 0 Å². The Morgan fingerprint density at radius 1 is 1.54 bits per heavy atom. The fourth-order valence-corrected chi connectivity index (χ4v) is 3.72. The highest BCUT2D eigenvalue weighted by Crippen LogP contribution is 2.24. The fraction of sp³-hybridized carbons (Fsp3) is 0.765. The van der Waals surface area contributed by atoms with Crippen molar-refractivity contribution >= 4 is 5.91 Å². The van der Waals surface area contributed by atoms with E-state index in [2.05, 4.69) is 10.00 Å². The molecule has 7 heteroatoms. The number of hydrogen-bond donors (Lipinski definition) is 0. The van der Waals surface area contributed by atoms with Crippen LogP contribution in [0.15, 0.2) is 12.3 Å². The molecular formula is C17H27FN4O2. The number of carbonyl (C=O) groups is 1. The normalized spacial score (nSPS) is 28.2. The summed E-state index contributed by atoms with van der Waals surface area (Å²) in [6.07, 6.45) is 3.23. The Morgan fingerprint density at radius 2 is 2.38 bits per heavy atom. The zero-order valence-corrected chi connectivity index (χ0v) is 14.5. The molecule has 3 heterocycles. The molecule has 2 aliphatic heterocycles. The van der Waals surface area contributed by atoms with Gasteiger partial charge in [0.15, 0.2) is 0 Å². The van der Waals surface area contributed by atoms with Gasteiger partial charge in [-0.25, -0.2) is 4.39 Å². The average molecular weight is 338 g/mol. The number of carbonyl (C=O) groups excluding carboxylic acids is 1. The van der Waals surface area contributed by atoms with Crippen LogP contribution in [0.5, 0.6) is 0 Å². The summed E-state index contributed by atoms with van der Waals surface area (Å²) < 4.78 is 21.2. The van der Waals surface area contributed by atoms with Gasteiger partial charge in [-0.2, -0.15) is 5.10 Å². The maximum Gasteiger partial charge on any atom is 0.227 e. The molecule has 1 amide bonds. The quantitative estimate of drug-likeness (QED) is 0.810. The van der Waals surface area contributed by atoms with E-state index in [1.807, 2.05) is 24.8 Å². The molecule has 0 radical (unpaired) electrons. The lowest BCUT2D eigenvalue weighted by atomic mass is 10.0. The lowest BCUT2D eigenvalue weighted by Crippen LogP contribution is -2.44. The minimum absolute atomic E-state index is 0.0446. The summed E-state index contributed by atoms with van der Waals surface area (Å²) in [6.45, 7) is 2.91. The van der Waals surface area contributed by atoms with Crippen molar-refractivity contribution in [2.75, 3.05) is 33.4 Å². The first-order valence-electron chi connectivity index (χ1n) is 8.72. The highest BCUT2D eigenvalue weighted by Gasteiger charge is 2.35. The first-order chi connectivity index (χ1) is 11.5. The first kappa shape index (κ1) is 17.4. The number of rotatable bonds is 5. The number of ether oxygens (including phenoxy) is 1. The molecule has 1 aromatic heterocycles. The summed E-state index contributed by atoms with van der Waals surface area (Å²) in [6, 6.07) is 2.00. The number of hydrogen-bond acceptors (Lipinski definition) is 4. The molecule has 3 atom stereocenters. The van der Waals surface area contributed by atoms with E-state index in [9.17, 15) is 9.18 Å². The molecule has 0 N–H and O–H groups in total. The number of amides is 1. The molecule has 134 valence electrons. The van der Waals surface area contributed by atoms with Crippen LogP contribution in [0.1, 0.15) is 25.0 Å². The number of aryl methyl sites for hydroxylation is 1. The van der Waals surface area contributed by atoms with E-state index < -0.39 is 6.17 Å².